The Morgan fingerprint density at radius 3 is 1.36 bits per heavy atom. The van der Waals surface area contributed by atoms with Gasteiger partial charge >= 0.3 is 0 Å². The van der Waals surface area contributed by atoms with E-state index in [1.54, 1.807) is 0 Å². The van der Waals surface area contributed by atoms with Crippen molar-refractivity contribution in [3.8, 4) is 0 Å². The Kier molecular flexibility index (Phi) is 14.6. The summed E-state index contributed by atoms with van der Waals surface area (Å²) in [5, 5.41) is 0. The normalized spacial score (nSPS) is 10.7. The average Bonchev–Trinajstić information content (AvgIpc) is 2.46. The maximum atomic E-state index is 11.3. The SMILES string of the molecule is CCCCCCCCCCCCCCCC(C(N)=O)=C(C)C. The van der Waals surface area contributed by atoms with Crippen LogP contribution < -0.4 is 5.73 Å². The van der Waals surface area contributed by atoms with Gasteiger partial charge in [-0.3, -0.25) is 4.79 Å². The lowest BCUT2D eigenvalue weighted by atomic mass is 10.0. The number of rotatable bonds is 15. The zero-order valence-corrected chi connectivity index (χ0v) is 15.4. The fraction of sp³-hybridized carbons (Fsp3) is 0.850. The standard InChI is InChI=1S/C20H39NO/c1-4-5-6-7-8-9-10-11-12-13-14-15-16-17-19(18(2)3)20(21)22/h4-17H2,1-3H3,(H2,21,22). The smallest absolute Gasteiger partial charge is 0.244 e. The van der Waals surface area contributed by atoms with Crippen LogP contribution in [0.15, 0.2) is 11.1 Å². The molecule has 22 heavy (non-hydrogen) atoms. The molecule has 0 spiro atoms. The van der Waals surface area contributed by atoms with Gasteiger partial charge in [0.15, 0.2) is 0 Å². The van der Waals surface area contributed by atoms with Gasteiger partial charge in [-0.1, -0.05) is 89.5 Å². The van der Waals surface area contributed by atoms with Gasteiger partial charge in [-0.2, -0.15) is 0 Å². The van der Waals surface area contributed by atoms with E-state index in [2.05, 4.69) is 6.92 Å². The highest BCUT2D eigenvalue weighted by atomic mass is 16.1. The van der Waals surface area contributed by atoms with E-state index in [1.165, 1.54) is 77.0 Å². The molecule has 0 aromatic rings. The number of hydrogen-bond acceptors (Lipinski definition) is 1. The molecular formula is C20H39NO. The molecule has 1 amide bonds. The summed E-state index contributed by atoms with van der Waals surface area (Å²) >= 11 is 0. The third kappa shape index (κ3) is 12.9. The highest BCUT2D eigenvalue weighted by Gasteiger charge is 2.06. The number of allylic oxidation sites excluding steroid dienone is 1. The monoisotopic (exact) mass is 309 g/mol. The van der Waals surface area contributed by atoms with Gasteiger partial charge in [0.05, 0.1) is 0 Å². The highest BCUT2D eigenvalue weighted by Crippen LogP contribution is 2.16. The summed E-state index contributed by atoms with van der Waals surface area (Å²) in [6, 6.07) is 0. The fourth-order valence-electron chi connectivity index (χ4n) is 2.94. The molecule has 0 radical (unpaired) electrons. The van der Waals surface area contributed by atoms with Crippen LogP contribution in [0.2, 0.25) is 0 Å². The van der Waals surface area contributed by atoms with Gasteiger partial charge in [-0.25, -0.2) is 0 Å². The average molecular weight is 310 g/mol. The summed E-state index contributed by atoms with van der Waals surface area (Å²) in [6.45, 7) is 6.22. The van der Waals surface area contributed by atoms with E-state index >= 15 is 0 Å². The van der Waals surface area contributed by atoms with Gasteiger partial charge < -0.3 is 5.73 Å². The van der Waals surface area contributed by atoms with E-state index < -0.39 is 0 Å². The first kappa shape index (κ1) is 21.2. The van der Waals surface area contributed by atoms with Crippen molar-refractivity contribution in [3.05, 3.63) is 11.1 Å². The number of primary amides is 1. The quantitative estimate of drug-likeness (QED) is 0.280. The highest BCUT2D eigenvalue weighted by molar-refractivity contribution is 5.92. The van der Waals surface area contributed by atoms with E-state index in [9.17, 15) is 4.79 Å². The van der Waals surface area contributed by atoms with Crippen LogP contribution in [0.1, 0.15) is 111 Å². The number of amides is 1. The number of nitrogens with two attached hydrogens (primary N) is 1. The van der Waals surface area contributed by atoms with Gasteiger partial charge in [0, 0.05) is 5.57 Å². The molecule has 0 aromatic heterocycles. The predicted octanol–water partition coefficient (Wildman–Crippen LogP) is 6.29. The Morgan fingerprint density at radius 2 is 1.05 bits per heavy atom. The molecule has 0 aliphatic rings. The van der Waals surface area contributed by atoms with Crippen molar-refractivity contribution in [2.75, 3.05) is 0 Å². The zero-order valence-electron chi connectivity index (χ0n) is 15.4. The van der Waals surface area contributed by atoms with E-state index in [0.29, 0.717) is 0 Å². The zero-order chi connectivity index (χ0) is 16.6. The molecule has 2 heteroatoms. The second-order valence-electron chi connectivity index (χ2n) is 6.84. The molecule has 130 valence electrons. The van der Waals surface area contributed by atoms with Crippen LogP contribution in [0.5, 0.6) is 0 Å². The minimum atomic E-state index is -0.237. The van der Waals surface area contributed by atoms with Gasteiger partial charge in [0.2, 0.25) is 5.91 Å². The maximum Gasteiger partial charge on any atom is 0.244 e. The van der Waals surface area contributed by atoms with E-state index in [1.807, 2.05) is 13.8 Å². The Hall–Kier alpha value is -0.790. The van der Waals surface area contributed by atoms with Crippen molar-refractivity contribution in [2.45, 2.75) is 111 Å². The number of carbonyl (C=O) groups excluding carboxylic acids is 1. The van der Waals surface area contributed by atoms with E-state index in [4.69, 9.17) is 5.73 Å². The molecule has 0 bridgehead atoms. The third-order valence-electron chi connectivity index (χ3n) is 4.43. The second kappa shape index (κ2) is 15.1. The molecule has 0 fully saturated rings. The van der Waals surface area contributed by atoms with Crippen LogP contribution in [0.25, 0.3) is 0 Å². The lowest BCUT2D eigenvalue weighted by Crippen LogP contribution is -2.15. The lowest BCUT2D eigenvalue weighted by Gasteiger charge is -2.06. The van der Waals surface area contributed by atoms with E-state index in [0.717, 1.165) is 24.0 Å². The van der Waals surface area contributed by atoms with Gasteiger partial charge in [-0.05, 0) is 26.7 Å². The number of unbranched alkanes of at least 4 members (excludes halogenated alkanes) is 12. The first-order chi connectivity index (χ1) is 10.6. The fourth-order valence-corrected chi connectivity index (χ4v) is 2.94. The summed E-state index contributed by atoms with van der Waals surface area (Å²) in [6.07, 6.45) is 18.5. The van der Waals surface area contributed by atoms with Crippen molar-refractivity contribution in [1.29, 1.82) is 0 Å². The Bertz CT molecular complexity index is 303. The van der Waals surface area contributed by atoms with Crippen molar-refractivity contribution < 1.29 is 4.79 Å². The Balaban J connectivity index is 3.31. The molecule has 2 N–H and O–H groups in total. The molecule has 0 aliphatic heterocycles. The van der Waals surface area contributed by atoms with Crippen molar-refractivity contribution in [3.63, 3.8) is 0 Å². The molecule has 0 atom stereocenters. The van der Waals surface area contributed by atoms with Crippen LogP contribution in [0.3, 0.4) is 0 Å². The van der Waals surface area contributed by atoms with Crippen molar-refractivity contribution in [2.24, 2.45) is 5.73 Å². The van der Waals surface area contributed by atoms with Crippen LogP contribution in [-0.4, -0.2) is 5.91 Å². The first-order valence-corrected chi connectivity index (χ1v) is 9.55. The van der Waals surface area contributed by atoms with Gasteiger partial charge in [0.1, 0.15) is 0 Å². The van der Waals surface area contributed by atoms with Crippen LogP contribution >= 0.6 is 0 Å². The van der Waals surface area contributed by atoms with Crippen LogP contribution in [-0.2, 0) is 4.79 Å². The van der Waals surface area contributed by atoms with Crippen LogP contribution in [0, 0.1) is 0 Å². The predicted molar refractivity (Wildman–Crippen MR) is 97.9 cm³/mol. The summed E-state index contributed by atoms with van der Waals surface area (Å²) in [4.78, 5) is 11.3. The van der Waals surface area contributed by atoms with E-state index in [-0.39, 0.29) is 5.91 Å². The summed E-state index contributed by atoms with van der Waals surface area (Å²) < 4.78 is 0. The molecule has 0 saturated carbocycles. The maximum absolute atomic E-state index is 11.3. The molecular weight excluding hydrogens is 270 g/mol. The second-order valence-corrected chi connectivity index (χ2v) is 6.84. The largest absolute Gasteiger partial charge is 0.366 e. The van der Waals surface area contributed by atoms with Gasteiger partial charge in [0.25, 0.3) is 0 Å². The summed E-state index contributed by atoms with van der Waals surface area (Å²) in [7, 11) is 0. The summed E-state index contributed by atoms with van der Waals surface area (Å²) in [5.74, 6) is -0.237. The van der Waals surface area contributed by atoms with Crippen LogP contribution in [0.4, 0.5) is 0 Å². The molecule has 0 aromatic carbocycles. The minimum absolute atomic E-state index is 0.237. The van der Waals surface area contributed by atoms with Crippen molar-refractivity contribution >= 4 is 5.91 Å². The molecule has 0 rings (SSSR count). The third-order valence-corrected chi connectivity index (χ3v) is 4.43. The molecule has 0 aliphatic carbocycles. The molecule has 0 heterocycles. The minimum Gasteiger partial charge on any atom is -0.366 e. The Labute approximate surface area is 138 Å². The topological polar surface area (TPSA) is 43.1 Å². The first-order valence-electron chi connectivity index (χ1n) is 9.55. The molecule has 0 unspecified atom stereocenters. The van der Waals surface area contributed by atoms with Crippen molar-refractivity contribution in [1.82, 2.24) is 0 Å². The molecule has 0 saturated heterocycles. The lowest BCUT2D eigenvalue weighted by molar-refractivity contribution is -0.114. The number of hydrogen-bond donors (Lipinski definition) is 1. The van der Waals surface area contributed by atoms with Gasteiger partial charge in [-0.15, -0.1) is 0 Å². The molecule has 2 nitrogen and oxygen atoms in total. The summed E-state index contributed by atoms with van der Waals surface area (Å²) in [5.41, 5.74) is 7.30. The number of carbonyl (C=O) groups is 1. The Morgan fingerprint density at radius 1 is 0.682 bits per heavy atom.